The van der Waals surface area contributed by atoms with E-state index in [2.05, 4.69) is 4.98 Å². The third-order valence-corrected chi connectivity index (χ3v) is 1.75. The summed E-state index contributed by atoms with van der Waals surface area (Å²) in [6, 6.07) is 1.72. The normalized spacial score (nSPS) is 9.46. The van der Waals surface area contributed by atoms with E-state index in [4.69, 9.17) is 13.7 Å². The molecule has 0 radical (unpaired) electrons. The van der Waals surface area contributed by atoms with Crippen molar-refractivity contribution in [2.45, 2.75) is 0 Å². The number of aromatic nitrogens is 1. The Labute approximate surface area is 81.4 Å². The lowest BCUT2D eigenvalue weighted by atomic mass is 10.4. The first kappa shape index (κ1) is 9.98. The van der Waals surface area contributed by atoms with Crippen LogP contribution < -0.4 is 13.7 Å². The molecule has 1 aromatic heterocycles. The molecule has 0 saturated heterocycles. The van der Waals surface area contributed by atoms with E-state index < -0.39 is 0 Å². The summed E-state index contributed by atoms with van der Waals surface area (Å²) in [6.45, 7) is 0. The summed E-state index contributed by atoms with van der Waals surface area (Å²) in [5.41, 5.74) is 0. The number of hydrogen-bond acceptors (Lipinski definition) is 5. The van der Waals surface area contributed by atoms with Gasteiger partial charge in [0, 0.05) is 12.3 Å². The molecule has 1 heterocycles. The third-order valence-electron chi connectivity index (χ3n) is 1.39. The van der Waals surface area contributed by atoms with Crippen molar-refractivity contribution >= 4 is 12.0 Å². The average molecular weight is 201 g/mol. The molecule has 0 spiro atoms. The van der Waals surface area contributed by atoms with Gasteiger partial charge in [0.15, 0.2) is 11.5 Å². The fraction of sp³-hybridized carbons (Fsp3) is 0.375. The minimum absolute atomic E-state index is 0.455. The molecule has 0 bridgehead atoms. The molecule has 0 atom stereocenters. The summed E-state index contributed by atoms with van der Waals surface area (Å²) in [5, 5.41) is 0. The van der Waals surface area contributed by atoms with Gasteiger partial charge in [0.2, 0.25) is 0 Å². The van der Waals surface area contributed by atoms with Crippen LogP contribution >= 0.6 is 12.0 Å². The number of hydrogen-bond donors (Lipinski definition) is 0. The molecule has 72 valence electrons. The average Bonchev–Trinajstić information content (AvgIpc) is 2.18. The van der Waals surface area contributed by atoms with Crippen molar-refractivity contribution in [3.63, 3.8) is 0 Å². The highest BCUT2D eigenvalue weighted by Crippen LogP contribution is 2.28. The van der Waals surface area contributed by atoms with Crippen LogP contribution in [0.2, 0.25) is 0 Å². The minimum Gasteiger partial charge on any atom is -0.491 e. The van der Waals surface area contributed by atoms with Crippen molar-refractivity contribution in [2.75, 3.05) is 20.5 Å². The van der Waals surface area contributed by atoms with Gasteiger partial charge in [-0.25, -0.2) is 4.98 Å². The molecule has 13 heavy (non-hydrogen) atoms. The topological polar surface area (TPSA) is 40.6 Å². The zero-order chi connectivity index (χ0) is 9.68. The van der Waals surface area contributed by atoms with Crippen LogP contribution in [-0.2, 0) is 0 Å². The second-order valence-corrected chi connectivity index (χ2v) is 2.63. The van der Waals surface area contributed by atoms with Gasteiger partial charge >= 0.3 is 0 Å². The van der Waals surface area contributed by atoms with E-state index in [1.165, 1.54) is 12.0 Å². The van der Waals surface area contributed by atoms with Gasteiger partial charge in [0.25, 0.3) is 5.88 Å². The molecule has 5 heteroatoms. The Morgan fingerprint density at radius 2 is 2.08 bits per heavy atom. The van der Waals surface area contributed by atoms with Crippen molar-refractivity contribution in [3.8, 4) is 17.4 Å². The minimum atomic E-state index is 0.455. The highest BCUT2D eigenvalue weighted by atomic mass is 32.2. The monoisotopic (exact) mass is 201 g/mol. The fourth-order valence-electron chi connectivity index (χ4n) is 0.855. The number of rotatable bonds is 4. The quantitative estimate of drug-likeness (QED) is 0.694. The van der Waals surface area contributed by atoms with E-state index in [-0.39, 0.29) is 0 Å². The number of methoxy groups -OCH3 is 2. The molecule has 1 rings (SSSR count). The second kappa shape index (κ2) is 4.81. The van der Waals surface area contributed by atoms with Crippen LogP contribution in [0.25, 0.3) is 0 Å². The van der Waals surface area contributed by atoms with E-state index in [1.54, 1.807) is 26.5 Å². The summed E-state index contributed by atoms with van der Waals surface area (Å²) >= 11 is 1.25. The lowest BCUT2D eigenvalue weighted by Crippen LogP contribution is -1.93. The van der Waals surface area contributed by atoms with Gasteiger partial charge in [0.1, 0.15) is 0 Å². The standard InChI is InChI=1S/C8H11NO3S/c1-10-7-4-6(12-13-3)5-9-8(7)11-2/h4-5H,1-3H3. The Morgan fingerprint density at radius 1 is 1.31 bits per heavy atom. The molecule has 0 aliphatic carbocycles. The van der Waals surface area contributed by atoms with Gasteiger partial charge in [-0.1, -0.05) is 0 Å². The van der Waals surface area contributed by atoms with Gasteiger partial charge < -0.3 is 13.7 Å². The zero-order valence-electron chi connectivity index (χ0n) is 7.73. The fourth-order valence-corrected chi connectivity index (χ4v) is 1.14. The molecule has 0 unspecified atom stereocenters. The summed E-state index contributed by atoms with van der Waals surface area (Å²) in [7, 11) is 3.10. The number of pyridine rings is 1. The molecule has 0 amide bonds. The molecular weight excluding hydrogens is 190 g/mol. The van der Waals surface area contributed by atoms with Gasteiger partial charge in [-0.05, 0) is 0 Å². The lowest BCUT2D eigenvalue weighted by Gasteiger charge is -2.07. The second-order valence-electron chi connectivity index (χ2n) is 2.13. The van der Waals surface area contributed by atoms with Gasteiger partial charge in [0.05, 0.1) is 32.5 Å². The van der Waals surface area contributed by atoms with Crippen molar-refractivity contribution in [2.24, 2.45) is 0 Å². The molecule has 0 saturated carbocycles. The third kappa shape index (κ3) is 2.42. The molecule has 0 aliphatic heterocycles. The molecule has 1 aromatic rings. The SMILES string of the molecule is COc1cc(OSC)cnc1OC. The van der Waals surface area contributed by atoms with Crippen molar-refractivity contribution in [3.05, 3.63) is 12.3 Å². The Morgan fingerprint density at radius 3 is 2.62 bits per heavy atom. The van der Waals surface area contributed by atoms with Crippen LogP contribution in [0.3, 0.4) is 0 Å². The van der Waals surface area contributed by atoms with E-state index in [0.29, 0.717) is 17.4 Å². The Kier molecular flexibility index (Phi) is 3.70. The summed E-state index contributed by atoms with van der Waals surface area (Å²) < 4.78 is 15.2. The molecule has 0 aromatic carbocycles. The maximum Gasteiger partial charge on any atom is 0.256 e. The van der Waals surface area contributed by atoms with Crippen molar-refractivity contribution < 1.29 is 13.7 Å². The van der Waals surface area contributed by atoms with Gasteiger partial charge in [-0.2, -0.15) is 0 Å². The van der Waals surface area contributed by atoms with Crippen molar-refractivity contribution in [1.29, 1.82) is 0 Å². The summed E-state index contributed by atoms with van der Waals surface area (Å²) in [6.07, 6.45) is 3.41. The van der Waals surface area contributed by atoms with Crippen LogP contribution in [0.4, 0.5) is 0 Å². The maximum atomic E-state index is 5.17. The van der Waals surface area contributed by atoms with Crippen LogP contribution in [0.1, 0.15) is 0 Å². The highest BCUT2D eigenvalue weighted by molar-refractivity contribution is 7.94. The van der Waals surface area contributed by atoms with E-state index >= 15 is 0 Å². The number of nitrogens with zero attached hydrogens (tertiary/aromatic N) is 1. The van der Waals surface area contributed by atoms with E-state index in [9.17, 15) is 0 Å². The summed E-state index contributed by atoms with van der Waals surface area (Å²) in [4.78, 5) is 4.00. The first-order chi connectivity index (χ1) is 6.31. The van der Waals surface area contributed by atoms with Gasteiger partial charge in [-0.3, -0.25) is 0 Å². The molecule has 0 fully saturated rings. The van der Waals surface area contributed by atoms with Gasteiger partial charge in [-0.15, -0.1) is 0 Å². The zero-order valence-corrected chi connectivity index (χ0v) is 8.55. The van der Waals surface area contributed by atoms with Crippen molar-refractivity contribution in [1.82, 2.24) is 4.98 Å². The highest BCUT2D eigenvalue weighted by Gasteiger charge is 2.06. The Hall–Kier alpha value is -1.10. The maximum absolute atomic E-state index is 5.17. The molecule has 0 aliphatic rings. The Balaban J connectivity index is 2.91. The first-order valence-corrected chi connectivity index (χ1v) is 4.75. The van der Waals surface area contributed by atoms with Crippen LogP contribution in [-0.4, -0.2) is 25.5 Å². The summed E-state index contributed by atoms with van der Waals surface area (Å²) in [5.74, 6) is 1.66. The predicted molar refractivity (Wildman–Crippen MR) is 51.5 cm³/mol. The van der Waals surface area contributed by atoms with E-state index in [1.807, 2.05) is 6.26 Å². The molecular formula is C8H11NO3S. The Bertz CT molecular complexity index is 280. The van der Waals surface area contributed by atoms with Crippen LogP contribution in [0, 0.1) is 0 Å². The lowest BCUT2D eigenvalue weighted by molar-refractivity contribution is 0.341. The molecule has 0 N–H and O–H groups in total. The van der Waals surface area contributed by atoms with Crippen LogP contribution in [0.15, 0.2) is 12.3 Å². The van der Waals surface area contributed by atoms with Crippen LogP contribution in [0.5, 0.6) is 17.4 Å². The number of ether oxygens (including phenoxy) is 2. The van der Waals surface area contributed by atoms with E-state index in [0.717, 1.165) is 0 Å². The first-order valence-electron chi connectivity index (χ1n) is 3.60. The smallest absolute Gasteiger partial charge is 0.256 e. The predicted octanol–water partition coefficient (Wildman–Crippen LogP) is 1.76. The molecule has 4 nitrogen and oxygen atoms in total. The largest absolute Gasteiger partial charge is 0.491 e.